The summed E-state index contributed by atoms with van der Waals surface area (Å²) in [5.41, 5.74) is 4.90. The van der Waals surface area contributed by atoms with Crippen LogP contribution in [0.1, 0.15) is 11.3 Å². The van der Waals surface area contributed by atoms with Gasteiger partial charge in [0.05, 0.1) is 24.0 Å². The number of aromatic hydroxyl groups is 1. The van der Waals surface area contributed by atoms with E-state index >= 15 is 0 Å². The van der Waals surface area contributed by atoms with Crippen molar-refractivity contribution >= 4 is 33.8 Å². The first-order valence-corrected chi connectivity index (χ1v) is 10.3. The minimum Gasteiger partial charge on any atom is -0.493 e. The van der Waals surface area contributed by atoms with Gasteiger partial charge >= 0.3 is 5.69 Å². The van der Waals surface area contributed by atoms with Crippen LogP contribution in [-0.4, -0.2) is 47.5 Å². The van der Waals surface area contributed by atoms with Crippen molar-refractivity contribution < 1.29 is 9.90 Å². The predicted molar refractivity (Wildman–Crippen MR) is 124 cm³/mol. The first-order valence-electron chi connectivity index (χ1n) is 10.3. The summed E-state index contributed by atoms with van der Waals surface area (Å²) in [6, 6.07) is 9.86. The van der Waals surface area contributed by atoms with Crippen LogP contribution in [0.3, 0.4) is 0 Å². The van der Waals surface area contributed by atoms with Crippen molar-refractivity contribution in [3.63, 3.8) is 0 Å². The summed E-state index contributed by atoms with van der Waals surface area (Å²) >= 11 is 0. The highest BCUT2D eigenvalue weighted by molar-refractivity contribution is 6.07. The molecule has 6 N–H and O–H groups in total. The Morgan fingerprint density at radius 2 is 2.06 bits per heavy atom. The van der Waals surface area contributed by atoms with Crippen LogP contribution >= 0.6 is 0 Å². The number of H-pyrrole nitrogens is 3. The molecule has 168 valence electrons. The number of anilines is 1. The number of hydrogen-bond acceptors (Lipinski definition) is 6. The highest BCUT2D eigenvalue weighted by atomic mass is 16.3. The standard InChI is InChI=1S/C22H22N8O3/c1-23-20-17-18(30(2)10-25-17)13-7-14(26-19(13)28-20)12-5-3-4-11(6-12)9-24-16(31)8-15-21(32)29-22(33)27-15/h3-7,10,32H,8-9H2,1-2H3,(H,24,31)(H2,23,26,28)(H2,27,29,33). The zero-order chi connectivity index (χ0) is 23.1. The molecule has 4 heterocycles. The van der Waals surface area contributed by atoms with Gasteiger partial charge in [-0.2, -0.15) is 0 Å². The van der Waals surface area contributed by atoms with Gasteiger partial charge < -0.3 is 30.3 Å². The number of carbonyl (C=O) groups is 1. The first kappa shape index (κ1) is 20.4. The third kappa shape index (κ3) is 3.69. The molecule has 0 radical (unpaired) electrons. The van der Waals surface area contributed by atoms with Crippen molar-refractivity contribution in [1.29, 1.82) is 0 Å². The van der Waals surface area contributed by atoms with Gasteiger partial charge in [0, 0.05) is 31.7 Å². The highest BCUT2D eigenvalue weighted by Crippen LogP contribution is 2.31. The minimum absolute atomic E-state index is 0.132. The minimum atomic E-state index is -0.555. The van der Waals surface area contributed by atoms with Gasteiger partial charge in [-0.3, -0.25) is 9.78 Å². The fourth-order valence-corrected chi connectivity index (χ4v) is 3.94. The van der Waals surface area contributed by atoms with Gasteiger partial charge in [-0.1, -0.05) is 18.2 Å². The van der Waals surface area contributed by atoms with Crippen molar-refractivity contribution in [3.8, 4) is 17.1 Å². The molecule has 0 aliphatic rings. The second-order valence-corrected chi connectivity index (χ2v) is 7.77. The van der Waals surface area contributed by atoms with Gasteiger partial charge in [0.2, 0.25) is 11.8 Å². The maximum absolute atomic E-state index is 12.2. The molecule has 33 heavy (non-hydrogen) atoms. The SMILES string of the molecule is CNc1nc2[nH]c(-c3cccc(CNC(=O)Cc4[nH]c(=O)[nH]c4O)c3)cc2c2c1ncn2C. The van der Waals surface area contributed by atoms with E-state index in [0.717, 1.165) is 38.9 Å². The molecule has 0 atom stereocenters. The Morgan fingerprint density at radius 3 is 2.82 bits per heavy atom. The van der Waals surface area contributed by atoms with E-state index < -0.39 is 5.69 Å². The molecule has 11 heteroatoms. The molecule has 5 aromatic rings. The number of aromatic amines is 3. The van der Waals surface area contributed by atoms with Gasteiger partial charge in [0.15, 0.2) is 5.82 Å². The molecule has 11 nitrogen and oxygen atoms in total. The van der Waals surface area contributed by atoms with Crippen molar-refractivity contribution in [2.24, 2.45) is 7.05 Å². The Morgan fingerprint density at radius 1 is 1.21 bits per heavy atom. The van der Waals surface area contributed by atoms with E-state index in [4.69, 9.17) is 0 Å². The largest absolute Gasteiger partial charge is 0.493 e. The second kappa shape index (κ2) is 7.86. The molecule has 0 aliphatic carbocycles. The zero-order valence-corrected chi connectivity index (χ0v) is 18.0. The maximum atomic E-state index is 12.2. The van der Waals surface area contributed by atoms with Crippen LogP contribution in [0.2, 0.25) is 0 Å². The molecule has 1 aromatic carbocycles. The number of carbonyl (C=O) groups excluding carboxylic acids is 1. The number of hydrogen-bond donors (Lipinski definition) is 6. The molecule has 0 saturated carbocycles. The fraction of sp³-hybridized carbons (Fsp3) is 0.182. The highest BCUT2D eigenvalue weighted by Gasteiger charge is 2.15. The fourth-order valence-electron chi connectivity index (χ4n) is 3.94. The lowest BCUT2D eigenvalue weighted by atomic mass is 10.1. The molecule has 5 rings (SSSR count). The molecule has 0 unspecified atom stereocenters. The lowest BCUT2D eigenvalue weighted by Crippen LogP contribution is -2.25. The van der Waals surface area contributed by atoms with Crippen LogP contribution in [0, 0.1) is 0 Å². The topological polar surface area (TPSA) is 157 Å². The zero-order valence-electron chi connectivity index (χ0n) is 18.0. The third-order valence-corrected chi connectivity index (χ3v) is 5.52. The smallest absolute Gasteiger partial charge is 0.325 e. The summed E-state index contributed by atoms with van der Waals surface area (Å²) in [7, 11) is 3.77. The Bertz CT molecular complexity index is 1560. The number of pyridine rings is 1. The maximum Gasteiger partial charge on any atom is 0.325 e. The van der Waals surface area contributed by atoms with Gasteiger partial charge in [-0.25, -0.2) is 14.8 Å². The number of rotatable bonds is 6. The van der Waals surface area contributed by atoms with E-state index in [-0.39, 0.29) is 23.9 Å². The van der Waals surface area contributed by atoms with Crippen LogP contribution < -0.4 is 16.3 Å². The van der Waals surface area contributed by atoms with Crippen LogP contribution in [0.5, 0.6) is 5.88 Å². The van der Waals surface area contributed by atoms with Crippen molar-refractivity contribution in [3.05, 3.63) is 58.4 Å². The molecule has 0 saturated heterocycles. The van der Waals surface area contributed by atoms with E-state index in [1.165, 1.54) is 0 Å². The van der Waals surface area contributed by atoms with Crippen LogP contribution in [0.25, 0.3) is 33.3 Å². The summed E-state index contributed by atoms with van der Waals surface area (Å²) in [5.74, 6) is 0.0604. The van der Waals surface area contributed by atoms with Crippen molar-refractivity contribution in [1.82, 2.24) is 34.8 Å². The Kier molecular flexibility index (Phi) is 4.85. The van der Waals surface area contributed by atoms with E-state index in [0.29, 0.717) is 12.4 Å². The molecule has 1 amide bonds. The summed E-state index contributed by atoms with van der Waals surface area (Å²) in [6.07, 6.45) is 1.64. The number of fused-ring (bicyclic) bond motifs is 3. The number of nitrogens with zero attached hydrogens (tertiary/aromatic N) is 3. The monoisotopic (exact) mass is 446 g/mol. The quantitative estimate of drug-likeness (QED) is 0.233. The van der Waals surface area contributed by atoms with Gasteiger partial charge in [0.1, 0.15) is 11.2 Å². The molecule has 0 fully saturated rings. The Balaban J connectivity index is 1.39. The van der Waals surface area contributed by atoms with Crippen LogP contribution in [0.4, 0.5) is 5.82 Å². The number of amides is 1. The summed E-state index contributed by atoms with van der Waals surface area (Å²) < 4.78 is 1.97. The van der Waals surface area contributed by atoms with Crippen LogP contribution in [0.15, 0.2) is 41.5 Å². The molecule has 4 aromatic heterocycles. The van der Waals surface area contributed by atoms with E-state index in [2.05, 4.69) is 41.6 Å². The first-order chi connectivity index (χ1) is 15.9. The number of imidazole rings is 2. The van der Waals surface area contributed by atoms with E-state index in [1.807, 2.05) is 42.9 Å². The second-order valence-electron chi connectivity index (χ2n) is 7.77. The van der Waals surface area contributed by atoms with Gasteiger partial charge in [-0.15, -0.1) is 0 Å². The van der Waals surface area contributed by atoms with Crippen molar-refractivity contribution in [2.75, 3.05) is 12.4 Å². The van der Waals surface area contributed by atoms with E-state index in [1.54, 1.807) is 6.33 Å². The van der Waals surface area contributed by atoms with Gasteiger partial charge in [0.25, 0.3) is 0 Å². The number of benzene rings is 1. The lowest BCUT2D eigenvalue weighted by Gasteiger charge is -2.06. The van der Waals surface area contributed by atoms with Crippen LogP contribution in [-0.2, 0) is 24.8 Å². The number of aryl methyl sites for hydroxylation is 1. The average Bonchev–Trinajstić information content (AvgIpc) is 3.48. The number of nitrogens with one attached hydrogen (secondary N) is 5. The van der Waals surface area contributed by atoms with Crippen molar-refractivity contribution in [2.45, 2.75) is 13.0 Å². The summed E-state index contributed by atoms with van der Waals surface area (Å²) in [5, 5.41) is 16.5. The molecule has 0 aliphatic heterocycles. The molecular formula is C22H22N8O3. The van der Waals surface area contributed by atoms with Gasteiger partial charge in [-0.05, 0) is 23.3 Å². The molecule has 0 bridgehead atoms. The lowest BCUT2D eigenvalue weighted by molar-refractivity contribution is -0.120. The Labute approximate surface area is 186 Å². The summed E-state index contributed by atoms with van der Waals surface area (Å²) in [6.45, 7) is 0.302. The number of aromatic nitrogens is 6. The Hall–Kier alpha value is -4.54. The normalized spacial score (nSPS) is 11.3. The molecular weight excluding hydrogens is 424 g/mol. The van der Waals surface area contributed by atoms with E-state index in [9.17, 15) is 14.7 Å². The predicted octanol–water partition coefficient (Wildman–Crippen LogP) is 1.74. The average molecular weight is 446 g/mol. The molecule has 0 spiro atoms. The third-order valence-electron chi connectivity index (χ3n) is 5.52. The summed E-state index contributed by atoms with van der Waals surface area (Å²) in [4.78, 5) is 40.5.